The van der Waals surface area contributed by atoms with Crippen molar-refractivity contribution < 1.29 is 33.3 Å². The van der Waals surface area contributed by atoms with Crippen molar-refractivity contribution in [1.29, 1.82) is 0 Å². The summed E-state index contributed by atoms with van der Waals surface area (Å²) >= 11 is 0.422. The Bertz CT molecular complexity index is 1500. The molecular weight excluding hydrogens is 775 g/mol. The number of hydrogen-bond donors (Lipinski definition) is 0. The molecule has 1 aliphatic heterocycles. The number of likely N-dealkylation sites (N-methyl/N-ethyl adjacent to an activating group) is 1. The summed E-state index contributed by atoms with van der Waals surface area (Å²) in [6, 6.07) is 17.7. The minimum absolute atomic E-state index is 0. The van der Waals surface area contributed by atoms with Gasteiger partial charge in [-0.05, 0) is 0 Å². The van der Waals surface area contributed by atoms with Crippen LogP contribution in [0.2, 0.25) is 0 Å². The summed E-state index contributed by atoms with van der Waals surface area (Å²) < 4.78 is 8.03. The molecule has 0 atom stereocenters. The third-order valence-corrected chi connectivity index (χ3v) is 13.0. The monoisotopic (exact) mass is 823 g/mol. The maximum absolute atomic E-state index is 14.0. The van der Waals surface area contributed by atoms with E-state index in [9.17, 15) is 4.79 Å². The molecule has 2 heterocycles. The minimum atomic E-state index is 0. The summed E-state index contributed by atoms with van der Waals surface area (Å²) in [5.74, 6) is 0.215. The van der Waals surface area contributed by atoms with Gasteiger partial charge in [-0.2, -0.15) is 0 Å². The van der Waals surface area contributed by atoms with Gasteiger partial charge in [0.15, 0.2) is 0 Å². The summed E-state index contributed by atoms with van der Waals surface area (Å²) in [6.45, 7) is 12.8. The average Bonchev–Trinajstić information content (AvgIpc) is 3.55. The van der Waals surface area contributed by atoms with Gasteiger partial charge in [-0.15, -0.1) is 0 Å². The summed E-state index contributed by atoms with van der Waals surface area (Å²) in [6.07, 6.45) is 14.5. The number of allylic oxidation sites excluding steroid dienone is 3. The zero-order valence-corrected chi connectivity index (χ0v) is 31.8. The van der Waals surface area contributed by atoms with E-state index >= 15 is 0 Å². The molecule has 7 heteroatoms. The maximum Gasteiger partial charge on any atom is -1.00 e. The molecule has 1 aliphatic carbocycles. The number of unbranched alkanes of at least 4 members (excludes halogenated alkanes) is 6. The first-order valence-corrected chi connectivity index (χ1v) is 19.5. The average molecular weight is 822 g/mol. The van der Waals surface area contributed by atoms with E-state index in [0.29, 0.717) is 0 Å². The first-order chi connectivity index (χ1) is 20.6. The molecule has 230 valence electrons. The molecule has 0 spiro atoms. The minimum Gasteiger partial charge on any atom is -1.00 e. The van der Waals surface area contributed by atoms with Crippen LogP contribution in [0, 0.1) is 0 Å². The van der Waals surface area contributed by atoms with E-state index in [-0.39, 0.29) is 59.2 Å². The molecule has 5 rings (SSSR count). The number of anilines is 1. The Labute approximate surface area is 288 Å². The van der Waals surface area contributed by atoms with E-state index < -0.39 is 0 Å². The number of halogens is 1. The van der Waals surface area contributed by atoms with E-state index in [1.165, 1.54) is 80.5 Å². The van der Waals surface area contributed by atoms with Crippen molar-refractivity contribution in [3.8, 4) is 0 Å². The first-order valence-electron chi connectivity index (χ1n) is 16.0. The molecule has 1 aromatic heterocycles. The fraction of sp³-hybridized carbons (Fsp3) is 0.444. The predicted octanol–water partition coefficient (Wildman–Crippen LogP) is 3.60. The van der Waals surface area contributed by atoms with Crippen LogP contribution in [0.3, 0.4) is 0 Å². The Balaban J connectivity index is 0.00000423. The molecule has 43 heavy (non-hydrogen) atoms. The van der Waals surface area contributed by atoms with Crippen molar-refractivity contribution in [3.63, 3.8) is 0 Å². The fourth-order valence-electron chi connectivity index (χ4n) is 6.01. The predicted molar refractivity (Wildman–Crippen MR) is 180 cm³/mol. The number of rotatable bonds is 15. The molecule has 0 unspecified atom stereocenters. The molecule has 0 bridgehead atoms. The SMILES string of the molecule is CCCCCCN1/C(=C/C2=C(N(CC)CC)C(=C/c3[se]c4ccccc4[n+]3CCCCCC)/C2=O)[Se]c2ccccc21.[I-]. The van der Waals surface area contributed by atoms with Crippen molar-refractivity contribution >= 4 is 61.2 Å². The smallest absolute Gasteiger partial charge is 1.00 e. The molecular formula is C36H46IN3OSe2. The third kappa shape index (κ3) is 7.61. The second-order valence-corrected chi connectivity index (χ2v) is 15.7. The van der Waals surface area contributed by atoms with E-state index in [4.69, 9.17) is 0 Å². The molecule has 4 nitrogen and oxygen atoms in total. The third-order valence-electron chi connectivity index (χ3n) is 8.36. The topological polar surface area (TPSA) is 27.4 Å². The number of Topliss-reactive ketones (excluding diaryl/α,β-unsaturated/α-hetero) is 1. The quantitative estimate of drug-likeness (QED) is 0.0773. The summed E-state index contributed by atoms with van der Waals surface area (Å²) in [5, 5.41) is 0. The van der Waals surface area contributed by atoms with Crippen molar-refractivity contribution in [2.75, 3.05) is 24.5 Å². The second-order valence-electron chi connectivity index (χ2n) is 11.2. The van der Waals surface area contributed by atoms with Crippen molar-refractivity contribution in [2.24, 2.45) is 0 Å². The number of nitrogens with zero attached hydrogens (tertiary/aromatic N) is 3. The van der Waals surface area contributed by atoms with Gasteiger partial charge in [0.25, 0.3) is 0 Å². The van der Waals surface area contributed by atoms with Gasteiger partial charge in [-0.25, -0.2) is 0 Å². The summed E-state index contributed by atoms with van der Waals surface area (Å²) in [4.78, 5) is 18.9. The van der Waals surface area contributed by atoms with Crippen molar-refractivity contribution in [2.45, 2.75) is 85.6 Å². The van der Waals surface area contributed by atoms with E-state index in [2.05, 4.69) is 103 Å². The Morgan fingerprint density at radius 3 is 2.28 bits per heavy atom. The van der Waals surface area contributed by atoms with Crippen LogP contribution < -0.4 is 37.9 Å². The van der Waals surface area contributed by atoms with Gasteiger partial charge < -0.3 is 24.0 Å². The van der Waals surface area contributed by atoms with Crippen LogP contribution in [0.25, 0.3) is 15.9 Å². The zero-order valence-electron chi connectivity index (χ0n) is 26.2. The van der Waals surface area contributed by atoms with Gasteiger partial charge >= 0.3 is 266 Å². The van der Waals surface area contributed by atoms with Crippen LogP contribution in [0.1, 0.15) is 83.6 Å². The summed E-state index contributed by atoms with van der Waals surface area (Å²) in [5.41, 5.74) is 5.65. The Morgan fingerprint density at radius 1 is 0.837 bits per heavy atom. The number of carbonyl (C=O) groups is 1. The number of ketones is 1. The molecule has 2 aromatic carbocycles. The number of aryl methyl sites for hydroxylation is 1. The number of aromatic nitrogens is 1. The molecule has 0 radical (unpaired) electrons. The molecule has 0 amide bonds. The van der Waals surface area contributed by atoms with E-state index in [1.54, 1.807) is 0 Å². The molecule has 3 aromatic rings. The summed E-state index contributed by atoms with van der Waals surface area (Å²) in [7, 11) is 0. The van der Waals surface area contributed by atoms with Crippen molar-refractivity contribution in [3.05, 3.63) is 80.6 Å². The van der Waals surface area contributed by atoms with Gasteiger partial charge in [0.2, 0.25) is 0 Å². The molecule has 0 N–H and O–H groups in total. The van der Waals surface area contributed by atoms with Crippen LogP contribution in [0.15, 0.2) is 76.0 Å². The number of carbonyl (C=O) groups excluding carboxylic acids is 1. The van der Waals surface area contributed by atoms with E-state index in [0.717, 1.165) is 43.0 Å². The zero-order chi connectivity index (χ0) is 29.5. The van der Waals surface area contributed by atoms with Gasteiger partial charge in [-0.3, -0.25) is 0 Å². The number of benzene rings is 2. The first kappa shape index (κ1) is 34.2. The molecule has 0 fully saturated rings. The number of fused-ring (bicyclic) bond motifs is 2. The molecule has 0 saturated heterocycles. The Morgan fingerprint density at radius 2 is 1.53 bits per heavy atom. The normalized spacial score (nSPS) is 16.3. The number of para-hydroxylation sites is 2. The van der Waals surface area contributed by atoms with Crippen LogP contribution in [-0.4, -0.2) is 59.8 Å². The van der Waals surface area contributed by atoms with Crippen LogP contribution in [-0.2, 0) is 11.3 Å². The van der Waals surface area contributed by atoms with Gasteiger partial charge in [0.1, 0.15) is 0 Å². The fourth-order valence-corrected chi connectivity index (χ4v) is 10.8. The van der Waals surface area contributed by atoms with Crippen LogP contribution in [0.5, 0.6) is 0 Å². The number of hydrogen-bond acceptors (Lipinski definition) is 3. The standard InChI is InChI=1S/C36H46N3OSe2.HI/c1-5-9-11-17-23-38-29-19-13-15-21-31(29)41-33(38)25-27-35(37(7-3)8-4)28(36(27)40)26-34-39(24-18-12-10-6-2)30-20-14-16-22-32(30)42-34;/h13-16,19-22,25-26H,5-12,17-18,23-24H2,1-4H3;1H/q+1;/p-1. The van der Waals surface area contributed by atoms with Crippen molar-refractivity contribution in [1.82, 2.24) is 4.90 Å². The molecule has 0 saturated carbocycles. The van der Waals surface area contributed by atoms with E-state index in [1.807, 2.05) is 0 Å². The van der Waals surface area contributed by atoms with Crippen LogP contribution >= 0.6 is 0 Å². The van der Waals surface area contributed by atoms with Gasteiger partial charge in [-0.1, -0.05) is 0 Å². The molecule has 2 aliphatic rings. The maximum atomic E-state index is 14.0. The van der Waals surface area contributed by atoms with Gasteiger partial charge in [0, 0.05) is 0 Å². The Hall–Kier alpha value is -1.63. The Kier molecular flexibility index (Phi) is 13.2. The largest absolute Gasteiger partial charge is 1.00 e. The van der Waals surface area contributed by atoms with Gasteiger partial charge in [0.05, 0.1) is 0 Å². The second kappa shape index (κ2) is 16.6. The van der Waals surface area contributed by atoms with Crippen LogP contribution in [0.4, 0.5) is 5.69 Å².